The summed E-state index contributed by atoms with van der Waals surface area (Å²) in [7, 11) is 2.09. The van der Waals surface area contributed by atoms with Crippen LogP contribution in [0.2, 0.25) is 0 Å². The molecule has 0 aromatic carbocycles. The lowest BCUT2D eigenvalue weighted by Crippen LogP contribution is -2.54. The minimum Gasteiger partial charge on any atom is -0.497 e. The molecule has 2 aliphatic rings. The number of methoxy groups -OCH3 is 1. The number of allylic oxidation sites excluding steroid dienone is 2. The molecule has 2 aliphatic heterocycles. The molecule has 0 spiro atoms. The molecule has 2 rings (SSSR count). The monoisotopic (exact) mass is 423 g/mol. The molecule has 2 heterocycles. The van der Waals surface area contributed by atoms with Gasteiger partial charge in [-0.1, -0.05) is 13.2 Å². The molecule has 154 valence electrons. The highest BCUT2D eigenvalue weighted by molar-refractivity contribution is 8.00. The number of halogens is 2. The maximum absolute atomic E-state index is 10.9. The highest BCUT2D eigenvalue weighted by atomic mass is 35.5. The summed E-state index contributed by atoms with van der Waals surface area (Å²) in [5, 5.41) is 4.66. The average Bonchev–Trinajstić information content (AvgIpc) is 2.66. The van der Waals surface area contributed by atoms with Gasteiger partial charge in [-0.05, 0) is 18.4 Å². The van der Waals surface area contributed by atoms with Gasteiger partial charge in [0, 0.05) is 12.6 Å². The molecular formula is C17H27ClFN3O4S. The van der Waals surface area contributed by atoms with E-state index < -0.39 is 5.91 Å². The Morgan fingerprint density at radius 1 is 1.56 bits per heavy atom. The second-order valence-corrected chi connectivity index (χ2v) is 6.99. The van der Waals surface area contributed by atoms with Gasteiger partial charge >= 0.3 is 6.03 Å². The number of rotatable bonds is 5. The molecule has 10 heteroatoms. The quantitative estimate of drug-likeness (QED) is 0.465. The van der Waals surface area contributed by atoms with Crippen LogP contribution in [0, 0.1) is 0 Å². The van der Waals surface area contributed by atoms with E-state index in [2.05, 4.69) is 23.8 Å². The zero-order valence-electron chi connectivity index (χ0n) is 15.6. The second kappa shape index (κ2) is 14.2. The van der Waals surface area contributed by atoms with Gasteiger partial charge in [0.1, 0.15) is 11.5 Å². The van der Waals surface area contributed by atoms with Crippen molar-refractivity contribution >= 4 is 35.3 Å². The van der Waals surface area contributed by atoms with Crippen LogP contribution in [0.5, 0.6) is 0 Å². The topological polar surface area (TPSA) is 103 Å². The van der Waals surface area contributed by atoms with E-state index in [-0.39, 0.29) is 22.5 Å². The van der Waals surface area contributed by atoms with E-state index in [9.17, 15) is 14.0 Å². The summed E-state index contributed by atoms with van der Waals surface area (Å²) in [5.74, 6) is 1.16. The van der Waals surface area contributed by atoms with Crippen molar-refractivity contribution in [2.24, 2.45) is 5.73 Å². The van der Waals surface area contributed by atoms with Crippen LogP contribution in [0.4, 0.5) is 9.18 Å². The highest BCUT2D eigenvalue weighted by Gasteiger charge is 2.27. The Morgan fingerprint density at radius 3 is 2.78 bits per heavy atom. The molecule has 0 aromatic heterocycles. The number of nitrogens with one attached hydrogen (secondary N) is 2. The number of carbonyl (C=O) groups is 2. The van der Waals surface area contributed by atoms with Gasteiger partial charge in [0.15, 0.2) is 0 Å². The van der Waals surface area contributed by atoms with Crippen LogP contribution in [0.3, 0.4) is 0 Å². The van der Waals surface area contributed by atoms with Crippen molar-refractivity contribution in [1.29, 1.82) is 0 Å². The average molecular weight is 424 g/mol. The smallest absolute Gasteiger partial charge is 0.315 e. The van der Waals surface area contributed by atoms with Crippen LogP contribution >= 0.6 is 23.4 Å². The number of hydrogen-bond donors (Lipinski definition) is 3. The summed E-state index contributed by atoms with van der Waals surface area (Å²) in [5.41, 5.74) is 5.99. The molecule has 27 heavy (non-hydrogen) atoms. The van der Waals surface area contributed by atoms with Crippen molar-refractivity contribution in [3.05, 3.63) is 36.3 Å². The molecule has 2 fully saturated rings. The third kappa shape index (κ3) is 10.8. The molecule has 0 saturated carbocycles. The van der Waals surface area contributed by atoms with Crippen molar-refractivity contribution in [3.63, 3.8) is 0 Å². The van der Waals surface area contributed by atoms with Gasteiger partial charge in [-0.2, -0.15) is 0 Å². The standard InChI is InChI=1S/C10H14O2.C6H10ClN3O2S.CH3F/c1-8-5-4-6-12-10(8)7-9(2)11-3;7-3-1-9-6(12)10-5(3)13-2-4(8)11;1-2/h7H,1-2,4-6H2,3H3;3,5H,1-2H2,(H2,8,11)(H2,9,10,12);1H3/b10-7+;;. The summed E-state index contributed by atoms with van der Waals surface area (Å²) in [6.07, 6.45) is 3.83. The van der Waals surface area contributed by atoms with Crippen molar-refractivity contribution in [2.45, 2.75) is 23.6 Å². The van der Waals surface area contributed by atoms with Gasteiger partial charge in [0.2, 0.25) is 5.91 Å². The maximum atomic E-state index is 10.9. The number of ether oxygens (including phenoxy) is 2. The Hall–Kier alpha value is -1.87. The number of amides is 3. The molecule has 7 nitrogen and oxygen atoms in total. The van der Waals surface area contributed by atoms with Crippen molar-refractivity contribution in [1.82, 2.24) is 10.6 Å². The fraction of sp³-hybridized carbons (Fsp3) is 0.529. The van der Waals surface area contributed by atoms with Gasteiger partial charge in [-0.3, -0.25) is 9.18 Å². The Kier molecular flexibility index (Phi) is 13.2. The number of alkyl halides is 2. The number of carbonyl (C=O) groups excluding carboxylic acids is 2. The van der Waals surface area contributed by atoms with E-state index in [0.717, 1.165) is 30.8 Å². The normalized spacial score (nSPS) is 22.6. The molecule has 2 saturated heterocycles. The first kappa shape index (κ1) is 25.1. The largest absolute Gasteiger partial charge is 0.497 e. The third-order valence-corrected chi connectivity index (χ3v) is 5.06. The van der Waals surface area contributed by atoms with Crippen molar-refractivity contribution < 1.29 is 23.5 Å². The lowest BCUT2D eigenvalue weighted by molar-refractivity contribution is -0.115. The van der Waals surface area contributed by atoms with Crippen LogP contribution in [0.1, 0.15) is 12.8 Å². The minimum atomic E-state index is -0.415. The first-order chi connectivity index (χ1) is 12.8. The number of thioether (sulfide) groups is 1. The van der Waals surface area contributed by atoms with Gasteiger partial charge in [-0.25, -0.2) is 4.79 Å². The molecule has 2 unspecified atom stereocenters. The van der Waals surface area contributed by atoms with Gasteiger partial charge in [0.05, 0.1) is 37.4 Å². The summed E-state index contributed by atoms with van der Waals surface area (Å²) in [6.45, 7) is 8.75. The molecule has 0 aliphatic carbocycles. The van der Waals surface area contributed by atoms with Gasteiger partial charge in [0.25, 0.3) is 0 Å². The first-order valence-electron chi connectivity index (χ1n) is 8.05. The number of urea groups is 1. The van der Waals surface area contributed by atoms with Crippen molar-refractivity contribution in [2.75, 3.05) is 33.2 Å². The van der Waals surface area contributed by atoms with Crippen LogP contribution in [-0.4, -0.2) is 55.9 Å². The Balaban J connectivity index is 0.000000460. The number of nitrogens with two attached hydrogens (primary N) is 1. The minimum absolute atomic E-state index is 0.161. The fourth-order valence-corrected chi connectivity index (χ4v) is 3.13. The third-order valence-electron chi connectivity index (χ3n) is 3.25. The Bertz CT molecular complexity index is 560. The molecule has 4 N–H and O–H groups in total. The van der Waals surface area contributed by atoms with E-state index in [1.165, 1.54) is 11.8 Å². The molecule has 3 amide bonds. The van der Waals surface area contributed by atoms with Crippen LogP contribution in [0.25, 0.3) is 0 Å². The zero-order valence-corrected chi connectivity index (χ0v) is 17.1. The molecule has 0 bridgehead atoms. The van der Waals surface area contributed by atoms with Gasteiger partial charge < -0.3 is 25.8 Å². The van der Waals surface area contributed by atoms with Gasteiger partial charge in [-0.15, -0.1) is 23.4 Å². The van der Waals surface area contributed by atoms with E-state index in [1.807, 2.05) is 0 Å². The predicted molar refractivity (Wildman–Crippen MR) is 107 cm³/mol. The fourth-order valence-electron chi connectivity index (χ4n) is 1.93. The highest BCUT2D eigenvalue weighted by Crippen LogP contribution is 2.22. The first-order valence-corrected chi connectivity index (χ1v) is 9.53. The summed E-state index contributed by atoms with van der Waals surface area (Å²) in [6, 6.07) is -0.265. The van der Waals surface area contributed by atoms with E-state index >= 15 is 0 Å². The van der Waals surface area contributed by atoms with E-state index in [1.54, 1.807) is 13.2 Å². The second-order valence-electron chi connectivity index (χ2n) is 5.30. The lowest BCUT2D eigenvalue weighted by atomic mass is 10.1. The predicted octanol–water partition coefficient (Wildman–Crippen LogP) is 2.43. The van der Waals surface area contributed by atoms with Crippen LogP contribution in [-0.2, 0) is 14.3 Å². The Labute approximate surface area is 168 Å². The molecular weight excluding hydrogens is 397 g/mol. The van der Waals surface area contributed by atoms with E-state index in [0.29, 0.717) is 19.5 Å². The SMILES string of the molecule is C=C(/C=C1/OCCCC1=C)OC.CF.NC(=O)CSC1NC(=O)NCC1Cl. The molecule has 2 atom stereocenters. The van der Waals surface area contributed by atoms with Crippen LogP contribution in [0.15, 0.2) is 36.3 Å². The number of hydrogen-bond acceptors (Lipinski definition) is 5. The zero-order chi connectivity index (χ0) is 20.8. The van der Waals surface area contributed by atoms with Crippen LogP contribution < -0.4 is 16.4 Å². The van der Waals surface area contributed by atoms with E-state index in [4.69, 9.17) is 26.8 Å². The summed E-state index contributed by atoms with van der Waals surface area (Å²) >= 11 is 7.12. The lowest BCUT2D eigenvalue weighted by Gasteiger charge is -2.27. The summed E-state index contributed by atoms with van der Waals surface area (Å²) in [4.78, 5) is 21.3. The van der Waals surface area contributed by atoms with Crippen molar-refractivity contribution in [3.8, 4) is 0 Å². The number of primary amides is 1. The molecule has 0 radical (unpaired) electrons. The molecule has 0 aromatic rings. The Morgan fingerprint density at radius 2 is 2.22 bits per heavy atom. The maximum Gasteiger partial charge on any atom is 0.315 e. The summed E-state index contributed by atoms with van der Waals surface area (Å²) < 4.78 is 19.8.